The largest absolute Gasteiger partial charge is 0.507 e. The zero-order valence-electron chi connectivity index (χ0n) is 13.5. The number of phenolic OH excluding ortho intramolecular Hbond substituents is 1. The van der Waals surface area contributed by atoms with E-state index in [2.05, 4.69) is 10.4 Å². The van der Waals surface area contributed by atoms with Crippen LogP contribution in [0.4, 0.5) is 14.5 Å². The van der Waals surface area contributed by atoms with Gasteiger partial charge in [0.2, 0.25) is 0 Å². The molecule has 2 aromatic carbocycles. The molecule has 0 radical (unpaired) electrons. The number of aromatic hydroxyl groups is 1. The van der Waals surface area contributed by atoms with Crippen molar-refractivity contribution in [2.24, 2.45) is 0 Å². The van der Waals surface area contributed by atoms with E-state index in [1.807, 2.05) is 30.3 Å². The number of aromatic nitrogens is 2. The summed E-state index contributed by atoms with van der Waals surface area (Å²) < 4.78 is 28.6. The molecule has 0 saturated carbocycles. The number of hydrogen-bond acceptors (Lipinski definition) is 3. The number of benzene rings is 2. The quantitative estimate of drug-likeness (QED) is 0.761. The molecule has 0 aliphatic carbocycles. The fraction of sp³-hybridized carbons (Fsp3) is 0.111. The van der Waals surface area contributed by atoms with Crippen LogP contribution in [0.3, 0.4) is 0 Å². The minimum Gasteiger partial charge on any atom is -0.507 e. The van der Waals surface area contributed by atoms with Gasteiger partial charge in [-0.2, -0.15) is 5.10 Å². The number of nitrogens with one attached hydrogen (secondary N) is 1. The second-order valence-corrected chi connectivity index (χ2v) is 5.53. The van der Waals surface area contributed by atoms with Crippen molar-refractivity contribution in [3.8, 4) is 11.4 Å². The molecule has 0 aliphatic rings. The Morgan fingerprint density at radius 1 is 1.16 bits per heavy atom. The Kier molecular flexibility index (Phi) is 4.22. The first-order valence-corrected chi connectivity index (χ1v) is 7.49. The van der Waals surface area contributed by atoms with Gasteiger partial charge in [0, 0.05) is 12.1 Å². The van der Waals surface area contributed by atoms with Crippen LogP contribution in [0.15, 0.2) is 42.5 Å². The maximum atomic E-state index is 13.9. The van der Waals surface area contributed by atoms with Crippen molar-refractivity contribution < 1.29 is 18.7 Å². The molecular formula is C18H15F2N3O2. The Hall–Kier alpha value is -3.22. The SMILES string of the molecule is Cc1nn(-c2ccccc2)c(C)c1NC(=O)c1c(O)cc(F)cc1F. The number of anilines is 1. The van der Waals surface area contributed by atoms with E-state index in [0.29, 0.717) is 29.2 Å². The van der Waals surface area contributed by atoms with Gasteiger partial charge in [0.15, 0.2) is 0 Å². The van der Waals surface area contributed by atoms with Gasteiger partial charge in [-0.3, -0.25) is 4.79 Å². The maximum absolute atomic E-state index is 13.9. The van der Waals surface area contributed by atoms with Crippen molar-refractivity contribution in [2.45, 2.75) is 13.8 Å². The smallest absolute Gasteiger partial charge is 0.262 e. The summed E-state index contributed by atoms with van der Waals surface area (Å²) in [6, 6.07) is 10.5. The third-order valence-corrected chi connectivity index (χ3v) is 3.79. The molecule has 0 fully saturated rings. The number of carbonyl (C=O) groups is 1. The molecular weight excluding hydrogens is 328 g/mol. The molecule has 0 unspecified atom stereocenters. The summed E-state index contributed by atoms with van der Waals surface area (Å²) >= 11 is 0. The lowest BCUT2D eigenvalue weighted by Crippen LogP contribution is -2.15. The summed E-state index contributed by atoms with van der Waals surface area (Å²) in [5, 5.41) is 16.6. The highest BCUT2D eigenvalue weighted by molar-refractivity contribution is 6.06. The van der Waals surface area contributed by atoms with Gasteiger partial charge in [-0.15, -0.1) is 0 Å². The van der Waals surface area contributed by atoms with E-state index in [0.717, 1.165) is 5.69 Å². The van der Waals surface area contributed by atoms with Gasteiger partial charge in [-0.05, 0) is 26.0 Å². The van der Waals surface area contributed by atoms with E-state index < -0.39 is 28.9 Å². The molecule has 0 saturated heterocycles. The minimum atomic E-state index is -1.14. The Morgan fingerprint density at radius 3 is 2.48 bits per heavy atom. The van der Waals surface area contributed by atoms with Gasteiger partial charge in [0.05, 0.1) is 22.8 Å². The number of amides is 1. The van der Waals surface area contributed by atoms with E-state index in [1.165, 1.54) is 0 Å². The van der Waals surface area contributed by atoms with Gasteiger partial charge in [-0.1, -0.05) is 18.2 Å². The normalized spacial score (nSPS) is 10.7. The predicted molar refractivity (Wildman–Crippen MR) is 89.0 cm³/mol. The average molecular weight is 343 g/mol. The summed E-state index contributed by atoms with van der Waals surface area (Å²) in [6.45, 7) is 3.45. The Balaban J connectivity index is 1.97. The molecule has 0 bridgehead atoms. The first-order valence-electron chi connectivity index (χ1n) is 7.49. The van der Waals surface area contributed by atoms with Crippen LogP contribution < -0.4 is 5.32 Å². The number of nitrogens with zero attached hydrogens (tertiary/aromatic N) is 2. The van der Waals surface area contributed by atoms with Crippen LogP contribution in [0.2, 0.25) is 0 Å². The molecule has 1 heterocycles. The van der Waals surface area contributed by atoms with Crippen LogP contribution in [0.1, 0.15) is 21.7 Å². The lowest BCUT2D eigenvalue weighted by molar-refractivity contribution is 0.102. The molecule has 1 aromatic heterocycles. The number of carbonyl (C=O) groups excluding carboxylic acids is 1. The Labute approximate surface area is 142 Å². The summed E-state index contributed by atoms with van der Waals surface area (Å²) in [7, 11) is 0. The van der Waals surface area contributed by atoms with Gasteiger partial charge < -0.3 is 10.4 Å². The van der Waals surface area contributed by atoms with E-state index >= 15 is 0 Å². The lowest BCUT2D eigenvalue weighted by Gasteiger charge is -2.09. The lowest BCUT2D eigenvalue weighted by atomic mass is 10.1. The van der Waals surface area contributed by atoms with Crippen molar-refractivity contribution in [3.05, 3.63) is 71.1 Å². The van der Waals surface area contributed by atoms with Crippen molar-refractivity contribution in [1.82, 2.24) is 9.78 Å². The fourth-order valence-electron chi connectivity index (χ4n) is 2.61. The summed E-state index contributed by atoms with van der Waals surface area (Å²) in [6.07, 6.45) is 0. The van der Waals surface area contributed by atoms with Crippen molar-refractivity contribution in [3.63, 3.8) is 0 Å². The first-order chi connectivity index (χ1) is 11.9. The Bertz CT molecular complexity index is 929. The van der Waals surface area contributed by atoms with E-state index in [-0.39, 0.29) is 0 Å². The first kappa shape index (κ1) is 16.6. The van der Waals surface area contributed by atoms with Crippen LogP contribution in [-0.4, -0.2) is 20.8 Å². The zero-order chi connectivity index (χ0) is 18.1. The van der Waals surface area contributed by atoms with Crippen molar-refractivity contribution >= 4 is 11.6 Å². The van der Waals surface area contributed by atoms with E-state index in [9.17, 15) is 18.7 Å². The van der Waals surface area contributed by atoms with Crippen LogP contribution in [-0.2, 0) is 0 Å². The number of rotatable bonds is 3. The summed E-state index contributed by atoms with van der Waals surface area (Å²) in [5.41, 5.74) is 1.75. The van der Waals surface area contributed by atoms with Crippen molar-refractivity contribution in [2.75, 3.05) is 5.32 Å². The number of para-hydroxylation sites is 1. The average Bonchev–Trinajstić information content (AvgIpc) is 2.83. The monoisotopic (exact) mass is 343 g/mol. The van der Waals surface area contributed by atoms with Gasteiger partial charge in [-0.25, -0.2) is 13.5 Å². The van der Waals surface area contributed by atoms with Crippen LogP contribution in [0.25, 0.3) is 5.69 Å². The summed E-state index contributed by atoms with van der Waals surface area (Å²) in [4.78, 5) is 12.3. The van der Waals surface area contributed by atoms with E-state index in [4.69, 9.17) is 0 Å². The highest BCUT2D eigenvalue weighted by Gasteiger charge is 2.22. The number of hydrogen-bond donors (Lipinski definition) is 2. The second-order valence-electron chi connectivity index (χ2n) is 5.53. The van der Waals surface area contributed by atoms with E-state index in [1.54, 1.807) is 18.5 Å². The van der Waals surface area contributed by atoms with Gasteiger partial charge >= 0.3 is 0 Å². The zero-order valence-corrected chi connectivity index (χ0v) is 13.5. The molecule has 2 N–H and O–H groups in total. The molecule has 128 valence electrons. The van der Waals surface area contributed by atoms with Crippen LogP contribution in [0, 0.1) is 25.5 Å². The van der Waals surface area contributed by atoms with Crippen LogP contribution in [0.5, 0.6) is 5.75 Å². The summed E-state index contributed by atoms with van der Waals surface area (Å²) in [5.74, 6) is -3.74. The molecule has 0 spiro atoms. The standard InChI is InChI=1S/C18H15F2N3O2/c1-10-17(11(2)23(22-10)13-6-4-3-5-7-13)21-18(25)16-14(20)8-12(19)9-15(16)24/h3-9,24H,1-2H3,(H,21,25). The second kappa shape index (κ2) is 6.35. The topological polar surface area (TPSA) is 67.2 Å². The number of phenols is 1. The van der Waals surface area contributed by atoms with Gasteiger partial charge in [0.1, 0.15) is 22.9 Å². The number of halogens is 2. The van der Waals surface area contributed by atoms with Crippen LogP contribution >= 0.6 is 0 Å². The molecule has 7 heteroatoms. The number of aryl methyl sites for hydroxylation is 1. The minimum absolute atomic E-state index is 0.400. The van der Waals surface area contributed by atoms with Crippen molar-refractivity contribution in [1.29, 1.82) is 0 Å². The van der Waals surface area contributed by atoms with Gasteiger partial charge in [0.25, 0.3) is 5.91 Å². The molecule has 0 aliphatic heterocycles. The highest BCUT2D eigenvalue weighted by Crippen LogP contribution is 2.26. The Morgan fingerprint density at radius 2 is 1.84 bits per heavy atom. The third-order valence-electron chi connectivity index (χ3n) is 3.79. The maximum Gasteiger partial charge on any atom is 0.262 e. The fourth-order valence-corrected chi connectivity index (χ4v) is 2.61. The molecule has 3 aromatic rings. The highest BCUT2D eigenvalue weighted by atomic mass is 19.1. The molecule has 0 atom stereocenters. The molecule has 3 rings (SSSR count). The molecule has 1 amide bonds. The molecule has 5 nitrogen and oxygen atoms in total. The third kappa shape index (κ3) is 3.08. The predicted octanol–water partition coefficient (Wildman–Crippen LogP) is 3.73. The molecule has 25 heavy (non-hydrogen) atoms.